The predicted molar refractivity (Wildman–Crippen MR) is 92.0 cm³/mol. The molecule has 1 unspecified atom stereocenters. The van der Waals surface area contributed by atoms with Crippen molar-refractivity contribution in [3.05, 3.63) is 52.3 Å². The number of carbonyl (C=O) groups is 1. The lowest BCUT2D eigenvalue weighted by molar-refractivity contribution is 0.0940. The number of amides is 1. The van der Waals surface area contributed by atoms with Crippen LogP contribution in [0.5, 0.6) is 0 Å². The maximum atomic E-state index is 12.5. The van der Waals surface area contributed by atoms with Crippen molar-refractivity contribution in [3.63, 3.8) is 0 Å². The molecule has 1 aromatic carbocycles. The summed E-state index contributed by atoms with van der Waals surface area (Å²) in [6.45, 7) is 2.18. The van der Waals surface area contributed by atoms with Crippen LogP contribution in [-0.4, -0.2) is 41.7 Å². The predicted octanol–water partition coefficient (Wildman–Crippen LogP) is 1.81. The first-order chi connectivity index (χ1) is 11.4. The molecule has 0 aliphatic carbocycles. The third kappa shape index (κ3) is 3.62. The maximum absolute atomic E-state index is 12.5. The molecule has 2 aromatic rings. The SMILES string of the molecule is Cc1nn(Cc2ccccc2)c(Cl)c1C(=O)NC1CCS(=O)(=O)C1. The average Bonchev–Trinajstić information content (AvgIpc) is 2.99. The molecular formula is C16H18ClN3O3S. The summed E-state index contributed by atoms with van der Waals surface area (Å²) < 4.78 is 24.6. The molecule has 1 N–H and O–H groups in total. The highest BCUT2D eigenvalue weighted by atomic mass is 35.5. The normalized spacial score (nSPS) is 19.3. The van der Waals surface area contributed by atoms with E-state index in [-0.39, 0.29) is 28.6 Å². The number of halogens is 1. The van der Waals surface area contributed by atoms with Crippen LogP contribution >= 0.6 is 11.6 Å². The molecule has 24 heavy (non-hydrogen) atoms. The second-order valence-corrected chi connectivity index (χ2v) is 8.55. The summed E-state index contributed by atoms with van der Waals surface area (Å²) >= 11 is 6.34. The molecule has 2 heterocycles. The van der Waals surface area contributed by atoms with E-state index in [9.17, 15) is 13.2 Å². The molecule has 0 radical (unpaired) electrons. The number of sulfone groups is 1. The van der Waals surface area contributed by atoms with Crippen LogP contribution in [0, 0.1) is 6.92 Å². The molecule has 1 fully saturated rings. The van der Waals surface area contributed by atoms with E-state index in [1.807, 2.05) is 30.3 Å². The minimum Gasteiger partial charge on any atom is -0.348 e. The van der Waals surface area contributed by atoms with Crippen molar-refractivity contribution >= 4 is 27.3 Å². The highest BCUT2D eigenvalue weighted by Gasteiger charge is 2.30. The highest BCUT2D eigenvalue weighted by Crippen LogP contribution is 2.22. The zero-order chi connectivity index (χ0) is 17.3. The molecule has 1 aliphatic rings. The van der Waals surface area contributed by atoms with Gasteiger partial charge in [-0.3, -0.25) is 4.79 Å². The van der Waals surface area contributed by atoms with E-state index in [0.29, 0.717) is 24.2 Å². The van der Waals surface area contributed by atoms with Crippen molar-refractivity contribution in [1.82, 2.24) is 15.1 Å². The lowest BCUT2D eigenvalue weighted by atomic mass is 10.2. The largest absolute Gasteiger partial charge is 0.348 e. The Bertz CT molecular complexity index is 862. The van der Waals surface area contributed by atoms with E-state index in [1.54, 1.807) is 11.6 Å². The van der Waals surface area contributed by atoms with Gasteiger partial charge in [-0.2, -0.15) is 5.10 Å². The highest BCUT2D eigenvalue weighted by molar-refractivity contribution is 7.91. The third-order valence-corrected chi connectivity index (χ3v) is 6.19. The van der Waals surface area contributed by atoms with Crippen molar-refractivity contribution in [3.8, 4) is 0 Å². The Balaban J connectivity index is 1.77. The van der Waals surface area contributed by atoms with E-state index in [4.69, 9.17) is 11.6 Å². The number of nitrogens with one attached hydrogen (secondary N) is 1. The minimum atomic E-state index is -3.05. The van der Waals surface area contributed by atoms with Crippen LogP contribution in [0.3, 0.4) is 0 Å². The van der Waals surface area contributed by atoms with Gasteiger partial charge in [0.1, 0.15) is 5.15 Å². The summed E-state index contributed by atoms with van der Waals surface area (Å²) in [6, 6.07) is 9.32. The second kappa shape index (κ2) is 6.57. The number of hydrogen-bond acceptors (Lipinski definition) is 4. The molecule has 1 aromatic heterocycles. The molecule has 0 saturated carbocycles. The molecule has 1 saturated heterocycles. The smallest absolute Gasteiger partial charge is 0.256 e. The number of rotatable bonds is 4. The summed E-state index contributed by atoms with van der Waals surface area (Å²) in [7, 11) is -3.05. The van der Waals surface area contributed by atoms with Gasteiger partial charge in [0.25, 0.3) is 5.91 Å². The molecule has 8 heteroatoms. The number of carbonyl (C=O) groups excluding carboxylic acids is 1. The molecule has 6 nitrogen and oxygen atoms in total. The van der Waals surface area contributed by atoms with Crippen LogP contribution < -0.4 is 5.32 Å². The average molecular weight is 368 g/mol. The van der Waals surface area contributed by atoms with Gasteiger partial charge in [0, 0.05) is 6.04 Å². The first-order valence-corrected chi connectivity index (χ1v) is 9.84. The standard InChI is InChI=1S/C16H18ClN3O3S/c1-11-14(16(21)18-13-7-8-24(22,23)10-13)15(17)20(19-11)9-12-5-3-2-4-6-12/h2-6,13H,7-10H2,1H3,(H,18,21). The summed E-state index contributed by atoms with van der Waals surface area (Å²) in [5, 5.41) is 7.35. The number of nitrogens with zero attached hydrogens (tertiary/aromatic N) is 2. The molecular weight excluding hydrogens is 350 g/mol. The summed E-state index contributed by atoms with van der Waals surface area (Å²) in [5.41, 5.74) is 1.85. The van der Waals surface area contributed by atoms with E-state index in [0.717, 1.165) is 5.56 Å². The van der Waals surface area contributed by atoms with Crippen LogP contribution in [-0.2, 0) is 16.4 Å². The van der Waals surface area contributed by atoms with Crippen molar-refractivity contribution in [2.24, 2.45) is 0 Å². The zero-order valence-corrected chi connectivity index (χ0v) is 14.8. The summed E-state index contributed by atoms with van der Waals surface area (Å²) in [5.74, 6) is -0.287. The lowest BCUT2D eigenvalue weighted by Crippen LogP contribution is -2.35. The van der Waals surface area contributed by atoms with Crippen molar-refractivity contribution in [2.45, 2.75) is 25.9 Å². The number of hydrogen-bond donors (Lipinski definition) is 1. The maximum Gasteiger partial charge on any atom is 0.256 e. The Morgan fingerprint density at radius 3 is 2.71 bits per heavy atom. The molecule has 1 atom stereocenters. The van der Waals surface area contributed by atoms with Crippen LogP contribution in [0.4, 0.5) is 0 Å². The Hall–Kier alpha value is -1.86. The molecule has 0 bridgehead atoms. The van der Waals surface area contributed by atoms with E-state index < -0.39 is 9.84 Å². The fraction of sp³-hybridized carbons (Fsp3) is 0.375. The van der Waals surface area contributed by atoms with Gasteiger partial charge >= 0.3 is 0 Å². The van der Waals surface area contributed by atoms with Gasteiger partial charge in [0.15, 0.2) is 9.84 Å². The monoisotopic (exact) mass is 367 g/mol. The molecule has 1 aliphatic heterocycles. The van der Waals surface area contributed by atoms with Crippen molar-refractivity contribution in [2.75, 3.05) is 11.5 Å². The number of aromatic nitrogens is 2. The first kappa shape index (κ1) is 17.0. The summed E-state index contributed by atoms with van der Waals surface area (Å²) in [6.07, 6.45) is 0.433. The van der Waals surface area contributed by atoms with E-state index >= 15 is 0 Å². The van der Waals surface area contributed by atoms with Gasteiger partial charge in [0.2, 0.25) is 0 Å². The van der Waals surface area contributed by atoms with Gasteiger partial charge in [-0.05, 0) is 18.9 Å². The lowest BCUT2D eigenvalue weighted by Gasteiger charge is -2.10. The van der Waals surface area contributed by atoms with Gasteiger partial charge in [-0.15, -0.1) is 0 Å². The third-order valence-electron chi connectivity index (χ3n) is 4.04. The topological polar surface area (TPSA) is 81.1 Å². The molecule has 128 valence electrons. The quantitative estimate of drug-likeness (QED) is 0.893. The Morgan fingerprint density at radius 1 is 1.38 bits per heavy atom. The summed E-state index contributed by atoms with van der Waals surface area (Å²) in [4.78, 5) is 12.5. The molecule has 0 spiro atoms. The van der Waals surface area contributed by atoms with Gasteiger partial charge in [-0.25, -0.2) is 13.1 Å². The van der Waals surface area contributed by atoms with Crippen LogP contribution in [0.2, 0.25) is 5.15 Å². The van der Waals surface area contributed by atoms with E-state index in [2.05, 4.69) is 10.4 Å². The van der Waals surface area contributed by atoms with Crippen molar-refractivity contribution in [1.29, 1.82) is 0 Å². The van der Waals surface area contributed by atoms with Crippen LogP contribution in [0.25, 0.3) is 0 Å². The fourth-order valence-electron chi connectivity index (χ4n) is 2.84. The second-order valence-electron chi connectivity index (χ2n) is 5.97. The van der Waals surface area contributed by atoms with Crippen LogP contribution in [0.1, 0.15) is 28.0 Å². The Morgan fingerprint density at radius 2 is 2.08 bits per heavy atom. The minimum absolute atomic E-state index is 0.0203. The Labute approximate surface area is 145 Å². The van der Waals surface area contributed by atoms with Gasteiger partial charge in [-0.1, -0.05) is 41.9 Å². The molecule has 1 amide bonds. The Kier molecular flexibility index (Phi) is 4.64. The van der Waals surface area contributed by atoms with Crippen molar-refractivity contribution < 1.29 is 13.2 Å². The van der Waals surface area contributed by atoms with E-state index in [1.165, 1.54) is 0 Å². The first-order valence-electron chi connectivity index (χ1n) is 7.64. The zero-order valence-electron chi connectivity index (χ0n) is 13.2. The number of aryl methyl sites for hydroxylation is 1. The molecule has 3 rings (SSSR count). The van der Waals surface area contributed by atoms with Gasteiger partial charge in [0.05, 0.1) is 29.3 Å². The van der Waals surface area contributed by atoms with Crippen LogP contribution in [0.15, 0.2) is 30.3 Å². The number of benzene rings is 1. The van der Waals surface area contributed by atoms with Gasteiger partial charge < -0.3 is 5.32 Å². The fourth-order valence-corrected chi connectivity index (χ4v) is 4.83.